The van der Waals surface area contributed by atoms with Crippen LogP contribution in [0.15, 0.2) is 0 Å². The number of nitrogens with zero attached hydrogens (tertiary/aromatic N) is 1. The van der Waals surface area contributed by atoms with Crippen molar-refractivity contribution in [2.45, 2.75) is 66.7 Å². The van der Waals surface area contributed by atoms with Gasteiger partial charge in [0.25, 0.3) is 0 Å². The lowest BCUT2D eigenvalue weighted by Gasteiger charge is -2.43. The number of hydrogen-bond acceptors (Lipinski definition) is 3. The van der Waals surface area contributed by atoms with Gasteiger partial charge in [-0.25, -0.2) is 4.98 Å². The van der Waals surface area contributed by atoms with E-state index < -0.39 is 0 Å². The van der Waals surface area contributed by atoms with Crippen LogP contribution in [0, 0.1) is 30.6 Å². The minimum Gasteiger partial charge on any atom is -0.396 e. The Morgan fingerprint density at radius 2 is 1.85 bits per heavy atom. The lowest BCUT2D eigenvalue weighted by molar-refractivity contribution is 0.0369. The van der Waals surface area contributed by atoms with Crippen molar-refractivity contribution in [3.8, 4) is 0 Å². The molecule has 0 atom stereocenters. The number of aliphatic hydroxyl groups is 1. The maximum Gasteiger partial charge on any atom is 0.0937 e. The van der Waals surface area contributed by atoms with Gasteiger partial charge in [-0.3, -0.25) is 0 Å². The number of aromatic nitrogens is 1. The van der Waals surface area contributed by atoms with Crippen molar-refractivity contribution in [2.24, 2.45) is 16.7 Å². The highest BCUT2D eigenvalue weighted by molar-refractivity contribution is 7.11. The SMILES string of the molecule is Cc1nc(CC2(CO)CCC(C(C)(C)C)CC2)sc1C. The van der Waals surface area contributed by atoms with Crippen molar-refractivity contribution >= 4 is 11.3 Å². The van der Waals surface area contributed by atoms with E-state index in [0.29, 0.717) is 12.0 Å². The van der Waals surface area contributed by atoms with Crippen LogP contribution in [0.2, 0.25) is 0 Å². The molecule has 1 N–H and O–H groups in total. The molecule has 20 heavy (non-hydrogen) atoms. The number of hydrogen-bond donors (Lipinski definition) is 1. The molecule has 1 aromatic heterocycles. The van der Waals surface area contributed by atoms with Gasteiger partial charge in [0.1, 0.15) is 0 Å². The van der Waals surface area contributed by atoms with Gasteiger partial charge in [-0.15, -0.1) is 11.3 Å². The summed E-state index contributed by atoms with van der Waals surface area (Å²) < 4.78 is 0. The van der Waals surface area contributed by atoms with E-state index in [1.807, 2.05) is 0 Å². The molecule has 0 unspecified atom stereocenters. The molecule has 0 amide bonds. The largest absolute Gasteiger partial charge is 0.396 e. The summed E-state index contributed by atoms with van der Waals surface area (Å²) in [6.07, 6.45) is 5.73. The summed E-state index contributed by atoms with van der Waals surface area (Å²) in [6.45, 7) is 11.6. The zero-order valence-electron chi connectivity index (χ0n) is 13.6. The average molecular weight is 295 g/mol. The number of aryl methyl sites for hydroxylation is 2. The molecule has 2 rings (SSSR count). The molecule has 1 aliphatic carbocycles. The summed E-state index contributed by atoms with van der Waals surface area (Å²) in [7, 11) is 0. The Labute approximate surface area is 127 Å². The molecule has 1 fully saturated rings. The highest BCUT2D eigenvalue weighted by atomic mass is 32.1. The van der Waals surface area contributed by atoms with Gasteiger partial charge in [0.2, 0.25) is 0 Å². The second-order valence-electron chi connectivity index (χ2n) is 7.72. The van der Waals surface area contributed by atoms with Crippen LogP contribution in [0.5, 0.6) is 0 Å². The van der Waals surface area contributed by atoms with E-state index in [-0.39, 0.29) is 5.41 Å². The second-order valence-corrected chi connectivity index (χ2v) is 9.01. The van der Waals surface area contributed by atoms with E-state index in [0.717, 1.165) is 30.9 Å². The molecule has 114 valence electrons. The van der Waals surface area contributed by atoms with E-state index >= 15 is 0 Å². The van der Waals surface area contributed by atoms with E-state index in [9.17, 15) is 5.11 Å². The van der Waals surface area contributed by atoms with Crippen LogP contribution in [0.4, 0.5) is 0 Å². The number of thiazole rings is 1. The van der Waals surface area contributed by atoms with Crippen LogP contribution < -0.4 is 0 Å². The first kappa shape index (κ1) is 16.0. The Hall–Kier alpha value is -0.410. The smallest absolute Gasteiger partial charge is 0.0937 e. The summed E-state index contributed by atoms with van der Waals surface area (Å²) >= 11 is 1.81. The summed E-state index contributed by atoms with van der Waals surface area (Å²) in [5.74, 6) is 0.793. The van der Waals surface area contributed by atoms with Crippen LogP contribution in [0.3, 0.4) is 0 Å². The predicted octanol–water partition coefficient (Wildman–Crippen LogP) is 4.52. The quantitative estimate of drug-likeness (QED) is 0.889. The Kier molecular flexibility index (Phi) is 4.60. The molecule has 0 aromatic carbocycles. The minimum atomic E-state index is 0.0818. The van der Waals surface area contributed by atoms with Gasteiger partial charge in [0.05, 0.1) is 10.7 Å². The van der Waals surface area contributed by atoms with Gasteiger partial charge in [0.15, 0.2) is 0 Å². The molecule has 0 radical (unpaired) electrons. The highest BCUT2D eigenvalue weighted by Gasteiger charge is 2.39. The Bertz CT molecular complexity index is 431. The standard InChI is InChI=1S/C17H29NOS/c1-12-13(2)20-15(18-12)10-17(11-19)8-6-14(7-9-17)16(3,4)5/h14,19H,6-11H2,1-5H3. The first-order chi connectivity index (χ1) is 9.26. The van der Waals surface area contributed by atoms with Gasteiger partial charge < -0.3 is 5.11 Å². The van der Waals surface area contributed by atoms with Crippen LogP contribution in [-0.4, -0.2) is 16.7 Å². The van der Waals surface area contributed by atoms with Crippen LogP contribution in [-0.2, 0) is 6.42 Å². The molecule has 0 spiro atoms. The van der Waals surface area contributed by atoms with Gasteiger partial charge in [-0.1, -0.05) is 20.8 Å². The Morgan fingerprint density at radius 1 is 1.25 bits per heavy atom. The van der Waals surface area contributed by atoms with Crippen molar-refractivity contribution in [2.75, 3.05) is 6.61 Å². The lowest BCUT2D eigenvalue weighted by atomic mass is 9.63. The summed E-state index contributed by atoms with van der Waals surface area (Å²) in [5, 5.41) is 11.2. The van der Waals surface area contributed by atoms with Crippen molar-refractivity contribution in [1.82, 2.24) is 4.98 Å². The first-order valence-electron chi connectivity index (χ1n) is 7.79. The van der Waals surface area contributed by atoms with E-state index in [1.54, 1.807) is 11.3 Å². The molecular weight excluding hydrogens is 266 g/mol. The molecule has 0 bridgehead atoms. The van der Waals surface area contributed by atoms with Crippen LogP contribution >= 0.6 is 11.3 Å². The molecule has 3 heteroatoms. The molecule has 2 nitrogen and oxygen atoms in total. The van der Waals surface area contributed by atoms with Crippen molar-refractivity contribution < 1.29 is 5.11 Å². The lowest BCUT2D eigenvalue weighted by Crippen LogP contribution is -2.36. The first-order valence-corrected chi connectivity index (χ1v) is 8.61. The van der Waals surface area contributed by atoms with Crippen molar-refractivity contribution in [3.05, 3.63) is 15.6 Å². The molecule has 1 aliphatic rings. The molecule has 0 saturated heterocycles. The van der Waals surface area contributed by atoms with Crippen LogP contribution in [0.1, 0.15) is 62.0 Å². The summed E-state index contributed by atoms with van der Waals surface area (Å²) in [6, 6.07) is 0. The van der Waals surface area contributed by atoms with E-state index in [2.05, 4.69) is 39.6 Å². The summed E-state index contributed by atoms with van der Waals surface area (Å²) in [5.41, 5.74) is 1.63. The van der Waals surface area contributed by atoms with Gasteiger partial charge in [-0.2, -0.15) is 0 Å². The van der Waals surface area contributed by atoms with Gasteiger partial charge >= 0.3 is 0 Å². The fourth-order valence-electron chi connectivity index (χ4n) is 3.42. The molecule has 1 heterocycles. The third kappa shape index (κ3) is 3.43. The maximum absolute atomic E-state index is 9.94. The number of aliphatic hydroxyl groups excluding tert-OH is 1. The summed E-state index contributed by atoms with van der Waals surface area (Å²) in [4.78, 5) is 5.99. The van der Waals surface area contributed by atoms with Crippen LogP contribution in [0.25, 0.3) is 0 Å². The Balaban J connectivity index is 2.05. The second kappa shape index (κ2) is 5.76. The van der Waals surface area contributed by atoms with E-state index in [4.69, 9.17) is 0 Å². The highest BCUT2D eigenvalue weighted by Crippen LogP contribution is 2.47. The molecule has 0 aliphatic heterocycles. The fourth-order valence-corrected chi connectivity index (χ4v) is 4.53. The van der Waals surface area contributed by atoms with Gasteiger partial charge in [-0.05, 0) is 56.3 Å². The molecule has 1 saturated carbocycles. The zero-order valence-corrected chi connectivity index (χ0v) is 14.4. The maximum atomic E-state index is 9.94. The minimum absolute atomic E-state index is 0.0818. The topological polar surface area (TPSA) is 33.1 Å². The monoisotopic (exact) mass is 295 g/mol. The fraction of sp³-hybridized carbons (Fsp3) is 0.824. The Morgan fingerprint density at radius 3 is 2.25 bits per heavy atom. The average Bonchev–Trinajstić information content (AvgIpc) is 2.67. The number of rotatable bonds is 3. The predicted molar refractivity (Wildman–Crippen MR) is 86.2 cm³/mol. The third-order valence-corrected chi connectivity index (χ3v) is 6.28. The normalized spacial score (nSPS) is 27.8. The molecule has 1 aromatic rings. The third-order valence-electron chi connectivity index (χ3n) is 5.21. The molecular formula is C17H29NOS. The van der Waals surface area contributed by atoms with Crippen molar-refractivity contribution in [3.63, 3.8) is 0 Å². The zero-order chi connectivity index (χ0) is 15.0. The van der Waals surface area contributed by atoms with Gasteiger partial charge in [0, 0.05) is 17.9 Å². The van der Waals surface area contributed by atoms with Crippen molar-refractivity contribution in [1.29, 1.82) is 0 Å². The van der Waals surface area contributed by atoms with E-state index in [1.165, 1.54) is 22.7 Å².